The molecule has 2 bridgehead atoms. The van der Waals surface area contributed by atoms with Crippen molar-refractivity contribution >= 4 is 24.7 Å². The topological polar surface area (TPSA) is 93.7 Å². The van der Waals surface area contributed by atoms with Gasteiger partial charge in [0.05, 0.1) is 23.6 Å². The maximum atomic E-state index is 14.1. The molecule has 0 aromatic heterocycles. The van der Waals surface area contributed by atoms with Crippen molar-refractivity contribution in [3.8, 4) is 0 Å². The fourth-order valence-electron chi connectivity index (χ4n) is 7.98. The molecule has 0 radical (unpaired) electrons. The molecular formula is C38H53BN2O5. The van der Waals surface area contributed by atoms with Gasteiger partial charge in [0.1, 0.15) is 0 Å². The zero-order valence-electron chi connectivity index (χ0n) is 28.9. The SMILES string of the molecule is CCCCc1ccc(C(=O)C[C@H](CNC(=O)c2ccc(C)cc2)C(=O)N[C@@H](CC(C)C)B2O[C@@H]3C[C@H]4C[C@H](C4(C)C)[C@]3(C)O2)cc1. The summed E-state index contributed by atoms with van der Waals surface area (Å²) in [6, 6.07) is 15.0. The lowest BCUT2D eigenvalue weighted by molar-refractivity contribution is -0.199. The van der Waals surface area contributed by atoms with Gasteiger partial charge < -0.3 is 19.9 Å². The molecular weight excluding hydrogens is 575 g/mol. The summed E-state index contributed by atoms with van der Waals surface area (Å²) in [6.07, 6.45) is 5.97. The van der Waals surface area contributed by atoms with Crippen LogP contribution in [0.25, 0.3) is 0 Å². The van der Waals surface area contributed by atoms with Crippen molar-refractivity contribution in [2.75, 3.05) is 6.54 Å². The van der Waals surface area contributed by atoms with E-state index in [0.717, 1.165) is 37.7 Å². The maximum absolute atomic E-state index is 14.1. The number of rotatable bonds is 14. The van der Waals surface area contributed by atoms with Crippen molar-refractivity contribution in [3.05, 3.63) is 70.8 Å². The van der Waals surface area contributed by atoms with E-state index < -0.39 is 13.0 Å². The molecule has 4 fully saturated rings. The summed E-state index contributed by atoms with van der Waals surface area (Å²) in [7, 11) is -0.564. The van der Waals surface area contributed by atoms with Crippen molar-refractivity contribution in [2.24, 2.45) is 29.1 Å². The molecule has 2 N–H and O–H groups in total. The summed E-state index contributed by atoms with van der Waals surface area (Å²) in [6.45, 7) is 15.3. The maximum Gasteiger partial charge on any atom is 0.481 e. The summed E-state index contributed by atoms with van der Waals surface area (Å²) in [5, 5.41) is 6.16. The molecule has 4 aliphatic rings. The zero-order chi connectivity index (χ0) is 33.2. The Morgan fingerprint density at radius 3 is 2.28 bits per heavy atom. The largest absolute Gasteiger partial charge is 0.481 e. The summed E-state index contributed by atoms with van der Waals surface area (Å²) in [5.41, 5.74) is 3.17. The van der Waals surface area contributed by atoms with Crippen LogP contribution < -0.4 is 10.6 Å². The molecule has 0 unspecified atom stereocenters. The predicted octanol–water partition coefficient (Wildman–Crippen LogP) is 6.76. The number of nitrogens with one attached hydrogen (secondary N) is 2. The number of aryl methyl sites for hydroxylation is 2. The van der Waals surface area contributed by atoms with E-state index in [2.05, 4.69) is 52.2 Å². The van der Waals surface area contributed by atoms with Crippen molar-refractivity contribution in [1.29, 1.82) is 0 Å². The average Bonchev–Trinajstić information content (AvgIpc) is 3.39. The van der Waals surface area contributed by atoms with Gasteiger partial charge in [0, 0.05) is 24.1 Å². The van der Waals surface area contributed by atoms with Gasteiger partial charge in [-0.2, -0.15) is 0 Å². The molecule has 2 aromatic carbocycles. The van der Waals surface area contributed by atoms with Gasteiger partial charge in [0.25, 0.3) is 5.91 Å². The minimum atomic E-state index is -0.762. The Bertz CT molecular complexity index is 1390. The molecule has 3 aliphatic carbocycles. The third kappa shape index (κ3) is 7.28. The standard InChI is InChI=1S/C38H53BN2O5/c1-8-9-10-26-13-17-27(18-14-26)31(42)20-29(23-40-35(43)28-15-11-25(4)12-16-28)36(44)41-34(19-24(2)3)39-45-33-22-30-21-32(37(30,5)6)38(33,7)46-39/h11-18,24,29-30,32-34H,8-10,19-23H2,1-7H3,(H,40,43)(H,41,44)/t29-,30-,32-,33-,34+,38+/m1/s1. The number of carbonyl (C=O) groups is 3. The third-order valence-corrected chi connectivity index (χ3v) is 11.1. The highest BCUT2D eigenvalue weighted by atomic mass is 16.7. The molecule has 7 nitrogen and oxygen atoms in total. The number of unbranched alkanes of at least 4 members (excludes halogenated alkanes) is 1. The Balaban J connectivity index is 1.31. The van der Waals surface area contributed by atoms with Crippen molar-refractivity contribution in [1.82, 2.24) is 10.6 Å². The van der Waals surface area contributed by atoms with E-state index in [1.54, 1.807) is 12.1 Å². The van der Waals surface area contributed by atoms with Crippen LogP contribution in [0.5, 0.6) is 0 Å². The Labute approximate surface area is 276 Å². The van der Waals surface area contributed by atoms with Gasteiger partial charge in [-0.05, 0) is 86.8 Å². The van der Waals surface area contributed by atoms with Crippen LogP contribution >= 0.6 is 0 Å². The van der Waals surface area contributed by atoms with E-state index in [1.807, 2.05) is 43.3 Å². The van der Waals surface area contributed by atoms with Crippen LogP contribution in [0.2, 0.25) is 0 Å². The Hall–Kier alpha value is -2.97. The molecule has 8 heteroatoms. The predicted molar refractivity (Wildman–Crippen MR) is 183 cm³/mol. The van der Waals surface area contributed by atoms with Gasteiger partial charge in [-0.15, -0.1) is 0 Å². The van der Waals surface area contributed by atoms with Crippen LogP contribution in [0.3, 0.4) is 0 Å². The van der Waals surface area contributed by atoms with Crippen LogP contribution in [-0.2, 0) is 20.5 Å². The average molecular weight is 629 g/mol. The summed E-state index contributed by atoms with van der Waals surface area (Å²) >= 11 is 0. The Kier molecular flexibility index (Phi) is 10.5. The van der Waals surface area contributed by atoms with Crippen molar-refractivity contribution in [3.63, 3.8) is 0 Å². The normalized spacial score (nSPS) is 25.7. The number of hydrogen-bond acceptors (Lipinski definition) is 5. The number of amides is 2. The second-order valence-corrected chi connectivity index (χ2v) is 15.3. The number of Topliss-reactive ketones (excluding diaryl/α,β-unsaturated/α-hetero) is 1. The van der Waals surface area contributed by atoms with Crippen molar-refractivity contribution < 1.29 is 23.7 Å². The van der Waals surface area contributed by atoms with Gasteiger partial charge in [-0.25, -0.2) is 0 Å². The monoisotopic (exact) mass is 628 g/mol. The number of ketones is 1. The Morgan fingerprint density at radius 2 is 1.65 bits per heavy atom. The molecule has 1 saturated heterocycles. The molecule has 46 heavy (non-hydrogen) atoms. The Morgan fingerprint density at radius 1 is 0.978 bits per heavy atom. The summed E-state index contributed by atoms with van der Waals surface area (Å²) in [4.78, 5) is 40.6. The first-order valence-corrected chi connectivity index (χ1v) is 17.4. The second-order valence-electron chi connectivity index (χ2n) is 15.3. The number of carbonyl (C=O) groups excluding carboxylic acids is 3. The zero-order valence-corrected chi connectivity index (χ0v) is 28.9. The second kappa shape index (κ2) is 14.0. The van der Waals surface area contributed by atoms with Crippen LogP contribution in [0.1, 0.15) is 112 Å². The van der Waals surface area contributed by atoms with Crippen molar-refractivity contribution in [2.45, 2.75) is 111 Å². The van der Waals surface area contributed by atoms with E-state index in [-0.39, 0.29) is 59.5 Å². The lowest BCUT2D eigenvalue weighted by Gasteiger charge is -2.64. The van der Waals surface area contributed by atoms with E-state index in [1.165, 1.54) is 5.56 Å². The van der Waals surface area contributed by atoms with Gasteiger partial charge in [-0.3, -0.25) is 14.4 Å². The van der Waals surface area contributed by atoms with Gasteiger partial charge in [0.15, 0.2) is 5.78 Å². The quantitative estimate of drug-likeness (QED) is 0.178. The molecule has 6 rings (SSSR count). The number of benzene rings is 2. The summed E-state index contributed by atoms with van der Waals surface area (Å²) < 4.78 is 13.4. The minimum absolute atomic E-state index is 0.00677. The highest BCUT2D eigenvalue weighted by Gasteiger charge is 2.68. The minimum Gasteiger partial charge on any atom is -0.404 e. The molecule has 1 heterocycles. The fourth-order valence-corrected chi connectivity index (χ4v) is 7.98. The van der Waals surface area contributed by atoms with Crippen LogP contribution in [0.15, 0.2) is 48.5 Å². The van der Waals surface area contributed by atoms with E-state index in [9.17, 15) is 14.4 Å². The van der Waals surface area contributed by atoms with E-state index >= 15 is 0 Å². The van der Waals surface area contributed by atoms with E-state index in [0.29, 0.717) is 29.4 Å². The van der Waals surface area contributed by atoms with Gasteiger partial charge in [0.2, 0.25) is 5.91 Å². The van der Waals surface area contributed by atoms with Gasteiger partial charge in [-0.1, -0.05) is 83.0 Å². The molecule has 6 atom stereocenters. The molecule has 2 aromatic rings. The fraction of sp³-hybridized carbons (Fsp3) is 0.605. The van der Waals surface area contributed by atoms with Crippen LogP contribution in [0.4, 0.5) is 0 Å². The highest BCUT2D eigenvalue weighted by Crippen LogP contribution is 2.65. The molecule has 2 amide bonds. The number of hydrogen-bond donors (Lipinski definition) is 2. The van der Waals surface area contributed by atoms with Crippen LogP contribution in [-0.4, -0.2) is 48.9 Å². The van der Waals surface area contributed by atoms with Gasteiger partial charge >= 0.3 is 7.12 Å². The van der Waals surface area contributed by atoms with Crippen LogP contribution in [0, 0.1) is 36.0 Å². The highest BCUT2D eigenvalue weighted by molar-refractivity contribution is 6.47. The first-order valence-electron chi connectivity index (χ1n) is 17.4. The molecule has 3 saturated carbocycles. The molecule has 248 valence electrons. The smallest absolute Gasteiger partial charge is 0.404 e. The lowest BCUT2D eigenvalue weighted by Crippen LogP contribution is -2.65. The molecule has 0 spiro atoms. The molecule has 1 aliphatic heterocycles. The summed E-state index contributed by atoms with van der Waals surface area (Å²) in [5.74, 6) is -0.485. The third-order valence-electron chi connectivity index (χ3n) is 11.1. The first-order chi connectivity index (χ1) is 21.8. The lowest BCUT2D eigenvalue weighted by atomic mass is 9.43. The van der Waals surface area contributed by atoms with E-state index in [4.69, 9.17) is 9.31 Å². The first kappa shape index (κ1) is 34.4.